The van der Waals surface area contributed by atoms with Gasteiger partial charge in [0.15, 0.2) is 0 Å². The van der Waals surface area contributed by atoms with E-state index in [0.29, 0.717) is 6.92 Å². The van der Waals surface area contributed by atoms with Crippen molar-refractivity contribution in [2.45, 2.75) is 13.1 Å². The number of alkyl halides is 3. The summed E-state index contributed by atoms with van der Waals surface area (Å²) in [5.41, 5.74) is 0. The maximum atomic E-state index is 11.2. The molecular formula is C9H14F3NO4. The Bertz CT molecular complexity index is 261. The van der Waals surface area contributed by atoms with Crippen molar-refractivity contribution in [3.63, 3.8) is 0 Å². The second-order valence-corrected chi connectivity index (χ2v) is 3.29. The number of morpholine rings is 1. The van der Waals surface area contributed by atoms with Gasteiger partial charge in [-0.05, 0) is 7.05 Å². The van der Waals surface area contributed by atoms with Gasteiger partial charge in [0.05, 0.1) is 13.2 Å². The maximum absolute atomic E-state index is 11.2. The van der Waals surface area contributed by atoms with Gasteiger partial charge in [-0.3, -0.25) is 4.79 Å². The summed E-state index contributed by atoms with van der Waals surface area (Å²) in [4.78, 5) is 21.7. The van der Waals surface area contributed by atoms with Gasteiger partial charge in [-0.25, -0.2) is 4.79 Å². The minimum atomic E-state index is -5.09. The van der Waals surface area contributed by atoms with Crippen molar-refractivity contribution < 1.29 is 32.2 Å². The van der Waals surface area contributed by atoms with Crippen molar-refractivity contribution in [2.24, 2.45) is 0 Å². The molecule has 0 aliphatic carbocycles. The van der Waals surface area contributed by atoms with Crippen LogP contribution in [-0.4, -0.2) is 56.4 Å². The number of rotatable bonds is 0. The first-order valence-corrected chi connectivity index (χ1v) is 4.79. The molecule has 17 heavy (non-hydrogen) atoms. The highest BCUT2D eigenvalue weighted by molar-refractivity contribution is 5.87. The monoisotopic (exact) mass is 257 g/mol. The topological polar surface area (TPSA) is 55.8 Å². The summed E-state index contributed by atoms with van der Waals surface area (Å²) in [6.45, 7) is 4.73. The summed E-state index contributed by atoms with van der Waals surface area (Å²) in [7, 11) is 2.11. The van der Waals surface area contributed by atoms with Gasteiger partial charge in [0.1, 0.15) is 0 Å². The van der Waals surface area contributed by atoms with E-state index in [2.05, 4.69) is 16.7 Å². The van der Waals surface area contributed by atoms with E-state index in [-0.39, 0.29) is 0 Å². The van der Waals surface area contributed by atoms with Crippen molar-refractivity contribution >= 4 is 11.9 Å². The fourth-order valence-electron chi connectivity index (χ4n) is 0.843. The highest BCUT2D eigenvalue weighted by Gasteiger charge is 2.41. The lowest BCUT2D eigenvalue weighted by Crippen LogP contribution is -2.32. The second kappa shape index (κ2) is 7.23. The van der Waals surface area contributed by atoms with E-state index < -0.39 is 18.1 Å². The van der Waals surface area contributed by atoms with Gasteiger partial charge >= 0.3 is 18.1 Å². The van der Waals surface area contributed by atoms with Crippen LogP contribution in [0.3, 0.4) is 0 Å². The first-order valence-electron chi connectivity index (χ1n) is 4.79. The summed E-state index contributed by atoms with van der Waals surface area (Å²) in [6.07, 6.45) is -5.09. The minimum absolute atomic E-state index is 0.712. The van der Waals surface area contributed by atoms with Crippen LogP contribution in [0.1, 0.15) is 6.92 Å². The number of halogens is 3. The highest BCUT2D eigenvalue weighted by atomic mass is 19.4. The molecule has 0 saturated carbocycles. The Hall–Kier alpha value is -1.15. The standard InChI is InChI=1S/C5H11NO.C4H3F3O3/c1-6-2-4-7-5-3-6;1-2(8)10-3(9)4(5,6)7/h2-5H2,1H3;1H3. The van der Waals surface area contributed by atoms with Gasteiger partial charge in [-0.15, -0.1) is 0 Å². The van der Waals surface area contributed by atoms with Crippen molar-refractivity contribution in [3.05, 3.63) is 0 Å². The Kier molecular flexibility index (Phi) is 6.74. The van der Waals surface area contributed by atoms with Gasteiger partial charge in [0.2, 0.25) is 0 Å². The van der Waals surface area contributed by atoms with Crippen molar-refractivity contribution in [1.29, 1.82) is 0 Å². The first-order chi connectivity index (χ1) is 7.73. The molecule has 0 radical (unpaired) electrons. The van der Waals surface area contributed by atoms with E-state index in [1.807, 2.05) is 0 Å². The van der Waals surface area contributed by atoms with Gasteiger partial charge in [-0.2, -0.15) is 13.2 Å². The molecule has 5 nitrogen and oxygen atoms in total. The van der Waals surface area contributed by atoms with E-state index in [0.717, 1.165) is 26.3 Å². The zero-order valence-corrected chi connectivity index (χ0v) is 9.54. The highest BCUT2D eigenvalue weighted by Crippen LogP contribution is 2.16. The summed E-state index contributed by atoms with van der Waals surface area (Å²) < 4.78 is 41.9. The molecule has 0 unspecified atom stereocenters. The molecule has 8 heteroatoms. The molecule has 100 valence electrons. The summed E-state index contributed by atoms with van der Waals surface area (Å²) >= 11 is 0. The fraction of sp³-hybridized carbons (Fsp3) is 0.778. The molecule has 1 aliphatic rings. The number of hydrogen-bond acceptors (Lipinski definition) is 5. The number of hydrogen-bond donors (Lipinski definition) is 0. The Morgan fingerprint density at radius 1 is 1.24 bits per heavy atom. The quantitative estimate of drug-likeness (QED) is 0.469. The SMILES string of the molecule is CC(=O)OC(=O)C(F)(F)F.CN1CCOCC1. The number of nitrogens with zero attached hydrogens (tertiary/aromatic N) is 1. The van der Waals surface area contributed by atoms with E-state index in [4.69, 9.17) is 4.74 Å². The summed E-state index contributed by atoms with van der Waals surface area (Å²) in [6, 6.07) is 0. The van der Waals surface area contributed by atoms with Crippen LogP contribution in [0, 0.1) is 0 Å². The average molecular weight is 257 g/mol. The lowest BCUT2D eigenvalue weighted by Gasteiger charge is -2.21. The van der Waals surface area contributed by atoms with Crippen LogP contribution in [0.15, 0.2) is 0 Å². The number of ether oxygens (including phenoxy) is 2. The van der Waals surface area contributed by atoms with Crippen LogP contribution in [0.2, 0.25) is 0 Å². The lowest BCUT2D eigenvalue weighted by molar-refractivity contribution is -0.201. The average Bonchev–Trinajstić information content (AvgIpc) is 2.17. The van der Waals surface area contributed by atoms with Crippen molar-refractivity contribution in [3.8, 4) is 0 Å². The van der Waals surface area contributed by atoms with E-state index in [1.165, 1.54) is 0 Å². The lowest BCUT2D eigenvalue weighted by atomic mass is 10.5. The van der Waals surface area contributed by atoms with Gasteiger partial charge in [-0.1, -0.05) is 0 Å². The van der Waals surface area contributed by atoms with Crippen LogP contribution in [-0.2, 0) is 19.1 Å². The minimum Gasteiger partial charge on any atom is -0.387 e. The Labute approximate surface area is 96.5 Å². The zero-order chi connectivity index (χ0) is 13.5. The molecule has 0 spiro atoms. The molecule has 0 aromatic heterocycles. The molecule has 0 aromatic carbocycles. The third-order valence-electron chi connectivity index (χ3n) is 1.70. The van der Waals surface area contributed by atoms with Gasteiger partial charge < -0.3 is 14.4 Å². The number of esters is 2. The van der Waals surface area contributed by atoms with E-state index >= 15 is 0 Å². The van der Waals surface area contributed by atoms with Crippen LogP contribution in [0.5, 0.6) is 0 Å². The maximum Gasteiger partial charge on any atom is 0.491 e. The molecule has 1 rings (SSSR count). The van der Waals surface area contributed by atoms with E-state index in [9.17, 15) is 22.8 Å². The van der Waals surface area contributed by atoms with Gasteiger partial charge in [0.25, 0.3) is 0 Å². The van der Waals surface area contributed by atoms with Crippen LogP contribution < -0.4 is 0 Å². The predicted molar refractivity (Wildman–Crippen MR) is 51.1 cm³/mol. The molecule has 0 atom stereocenters. The Balaban J connectivity index is 0.000000318. The molecule has 1 aliphatic heterocycles. The molecule has 0 N–H and O–H groups in total. The summed E-state index contributed by atoms with van der Waals surface area (Å²) in [5, 5.41) is 0. The second-order valence-electron chi connectivity index (χ2n) is 3.29. The molecule has 1 fully saturated rings. The molecule has 0 amide bonds. The summed E-state index contributed by atoms with van der Waals surface area (Å²) in [5.74, 6) is -3.76. The molecule has 1 heterocycles. The van der Waals surface area contributed by atoms with Crippen LogP contribution in [0.25, 0.3) is 0 Å². The van der Waals surface area contributed by atoms with Crippen LogP contribution >= 0.6 is 0 Å². The number of carbonyl (C=O) groups excluding carboxylic acids is 2. The molecular weight excluding hydrogens is 243 g/mol. The first kappa shape index (κ1) is 15.9. The largest absolute Gasteiger partial charge is 0.491 e. The van der Waals surface area contributed by atoms with Crippen LogP contribution in [0.4, 0.5) is 13.2 Å². The smallest absolute Gasteiger partial charge is 0.387 e. The van der Waals surface area contributed by atoms with Gasteiger partial charge in [0, 0.05) is 20.0 Å². The number of likely N-dealkylation sites (N-methyl/N-ethyl adjacent to an activating group) is 1. The third kappa shape index (κ3) is 8.64. The number of carbonyl (C=O) groups is 2. The molecule has 0 bridgehead atoms. The molecule has 0 aromatic rings. The Morgan fingerprint density at radius 2 is 1.71 bits per heavy atom. The zero-order valence-electron chi connectivity index (χ0n) is 9.54. The Morgan fingerprint density at radius 3 is 1.88 bits per heavy atom. The predicted octanol–water partition coefficient (Wildman–Crippen LogP) is 0.587. The van der Waals surface area contributed by atoms with E-state index in [1.54, 1.807) is 0 Å². The third-order valence-corrected chi connectivity index (χ3v) is 1.70. The molecule has 1 saturated heterocycles. The fourth-order valence-corrected chi connectivity index (χ4v) is 0.843. The van der Waals surface area contributed by atoms with Crippen molar-refractivity contribution in [1.82, 2.24) is 4.90 Å². The normalized spacial score (nSPS) is 16.8. The van der Waals surface area contributed by atoms with Crippen molar-refractivity contribution in [2.75, 3.05) is 33.4 Å².